The molecule has 0 atom stereocenters. The Hall–Kier alpha value is -1.93. The Morgan fingerprint density at radius 1 is 0.792 bits per heavy atom. The molecule has 4 nitrogen and oxygen atoms in total. The highest BCUT2D eigenvalue weighted by Gasteiger charge is 2.22. The minimum absolute atomic E-state index is 0.878. The van der Waals surface area contributed by atoms with Gasteiger partial charge in [-0.3, -0.25) is 0 Å². The fourth-order valence-electron chi connectivity index (χ4n) is 2.57. The van der Waals surface area contributed by atoms with Crippen molar-refractivity contribution in [3.63, 3.8) is 0 Å². The third-order valence-corrected chi connectivity index (χ3v) is 5.22. The molecular formula is C18H25N3OSi2. The molecule has 0 saturated carbocycles. The van der Waals surface area contributed by atoms with Crippen molar-refractivity contribution >= 4 is 44.3 Å². The van der Waals surface area contributed by atoms with Crippen LogP contribution in [0.2, 0.25) is 39.3 Å². The summed E-state index contributed by atoms with van der Waals surface area (Å²) < 4.78 is 6.33. The summed E-state index contributed by atoms with van der Waals surface area (Å²) in [6.07, 6.45) is 0. The molecule has 0 aliphatic rings. The van der Waals surface area contributed by atoms with Crippen LogP contribution in [0.5, 0.6) is 5.75 Å². The van der Waals surface area contributed by atoms with Gasteiger partial charge in [-0.1, -0.05) is 31.8 Å². The monoisotopic (exact) mass is 355 g/mol. The predicted octanol–water partition coefficient (Wildman–Crippen LogP) is 5.24. The lowest BCUT2D eigenvalue weighted by atomic mass is 10.2. The van der Waals surface area contributed by atoms with E-state index in [1.807, 2.05) is 30.3 Å². The highest BCUT2D eigenvalue weighted by molar-refractivity contribution is 6.79. The molecule has 0 radical (unpaired) electrons. The van der Waals surface area contributed by atoms with Crippen molar-refractivity contribution in [1.82, 2.24) is 9.97 Å². The highest BCUT2D eigenvalue weighted by atomic mass is 28.4. The Bertz CT molecular complexity index is 824. The van der Waals surface area contributed by atoms with Gasteiger partial charge < -0.3 is 9.41 Å². The number of aromatic nitrogens is 2. The maximum atomic E-state index is 6.33. The number of benzene rings is 2. The van der Waals surface area contributed by atoms with Crippen LogP contribution in [0.25, 0.3) is 22.1 Å². The lowest BCUT2D eigenvalue weighted by Crippen LogP contribution is -2.34. The Morgan fingerprint density at radius 3 is 1.83 bits per heavy atom. The Kier molecular flexibility index (Phi) is 4.13. The average molecular weight is 356 g/mol. The zero-order valence-corrected chi connectivity index (χ0v) is 17.3. The van der Waals surface area contributed by atoms with Gasteiger partial charge in [-0.15, -0.1) is 0 Å². The number of fused-ring (bicyclic) bond motifs is 2. The SMILES string of the molecule is C[Si](C)(C)Nc1cc2nc3ccccc3nc2cc1O[Si](C)(C)C. The van der Waals surface area contributed by atoms with Crippen LogP contribution in [-0.4, -0.2) is 26.5 Å². The van der Waals surface area contributed by atoms with E-state index in [0.29, 0.717) is 0 Å². The van der Waals surface area contributed by atoms with Gasteiger partial charge in [-0.25, -0.2) is 9.97 Å². The van der Waals surface area contributed by atoms with E-state index in [1.54, 1.807) is 0 Å². The number of hydrogen-bond acceptors (Lipinski definition) is 4. The van der Waals surface area contributed by atoms with Crippen molar-refractivity contribution in [3.05, 3.63) is 36.4 Å². The zero-order chi connectivity index (χ0) is 17.5. The number of hydrogen-bond donors (Lipinski definition) is 1. The first-order chi connectivity index (χ1) is 11.1. The molecule has 3 rings (SSSR count). The van der Waals surface area contributed by atoms with E-state index in [9.17, 15) is 0 Å². The summed E-state index contributed by atoms with van der Waals surface area (Å²) in [7, 11) is -3.23. The Balaban J connectivity index is 2.20. The molecule has 0 unspecified atom stereocenters. The van der Waals surface area contributed by atoms with Crippen LogP contribution in [0, 0.1) is 0 Å². The maximum absolute atomic E-state index is 6.33. The van der Waals surface area contributed by atoms with E-state index in [1.165, 1.54) is 0 Å². The van der Waals surface area contributed by atoms with Gasteiger partial charge in [0.1, 0.15) is 14.0 Å². The van der Waals surface area contributed by atoms with Gasteiger partial charge >= 0.3 is 0 Å². The average Bonchev–Trinajstić information content (AvgIpc) is 2.43. The topological polar surface area (TPSA) is 47.0 Å². The van der Waals surface area contributed by atoms with Crippen LogP contribution in [0.3, 0.4) is 0 Å². The van der Waals surface area contributed by atoms with E-state index in [2.05, 4.69) is 50.3 Å². The molecule has 0 saturated heterocycles. The van der Waals surface area contributed by atoms with Crippen LogP contribution in [0.15, 0.2) is 36.4 Å². The first-order valence-corrected chi connectivity index (χ1v) is 15.2. The van der Waals surface area contributed by atoms with Crippen molar-refractivity contribution in [2.75, 3.05) is 4.98 Å². The first kappa shape index (κ1) is 16.9. The summed E-state index contributed by atoms with van der Waals surface area (Å²) in [5, 5.41) is 0. The summed E-state index contributed by atoms with van der Waals surface area (Å²) in [5.41, 5.74) is 4.65. The largest absolute Gasteiger partial charge is 0.543 e. The van der Waals surface area contributed by atoms with Gasteiger partial charge in [0.25, 0.3) is 0 Å². The van der Waals surface area contributed by atoms with Gasteiger partial charge in [-0.05, 0) is 37.8 Å². The summed E-state index contributed by atoms with van der Waals surface area (Å²) in [4.78, 5) is 13.2. The first-order valence-electron chi connectivity index (χ1n) is 8.28. The van der Waals surface area contributed by atoms with Crippen molar-refractivity contribution < 1.29 is 4.43 Å². The zero-order valence-electron chi connectivity index (χ0n) is 15.3. The molecule has 0 fully saturated rings. The third kappa shape index (κ3) is 3.94. The van der Waals surface area contributed by atoms with Crippen molar-refractivity contribution in [3.8, 4) is 5.75 Å². The molecule has 0 spiro atoms. The van der Waals surface area contributed by atoms with Crippen LogP contribution in [0.1, 0.15) is 0 Å². The lowest BCUT2D eigenvalue weighted by molar-refractivity contribution is 0.561. The van der Waals surface area contributed by atoms with Crippen molar-refractivity contribution in [2.45, 2.75) is 39.3 Å². The molecule has 126 valence electrons. The normalized spacial score (nSPS) is 12.6. The minimum atomic E-state index is -1.72. The molecule has 6 heteroatoms. The van der Waals surface area contributed by atoms with Crippen molar-refractivity contribution in [1.29, 1.82) is 0 Å². The number of rotatable bonds is 4. The van der Waals surface area contributed by atoms with E-state index in [-0.39, 0.29) is 0 Å². The molecule has 2 aromatic carbocycles. The lowest BCUT2D eigenvalue weighted by Gasteiger charge is -2.26. The molecule has 1 aromatic heterocycles. The second-order valence-electron chi connectivity index (χ2n) is 8.14. The standard InChI is InChI=1S/C18H25N3OSi2/c1-23(2,3)21-17-11-15-16(12-18(17)22-24(4,5)6)20-14-10-8-7-9-13(14)19-15/h7-12,21H,1-6H3. The fourth-order valence-corrected chi connectivity index (χ4v) is 4.40. The number of para-hydroxylation sites is 2. The third-order valence-electron chi connectivity index (χ3n) is 3.37. The van der Waals surface area contributed by atoms with Crippen LogP contribution >= 0.6 is 0 Å². The Labute approximate surface area is 145 Å². The van der Waals surface area contributed by atoms with Gasteiger partial charge in [0.15, 0.2) is 0 Å². The molecule has 3 aromatic rings. The van der Waals surface area contributed by atoms with Crippen LogP contribution in [-0.2, 0) is 0 Å². The van der Waals surface area contributed by atoms with E-state index in [4.69, 9.17) is 14.4 Å². The highest BCUT2D eigenvalue weighted by Crippen LogP contribution is 2.33. The molecular weight excluding hydrogens is 330 g/mol. The fraction of sp³-hybridized carbons (Fsp3) is 0.333. The number of nitrogens with one attached hydrogen (secondary N) is 1. The molecule has 0 aliphatic carbocycles. The van der Waals surface area contributed by atoms with Gasteiger partial charge in [0.2, 0.25) is 8.32 Å². The molecule has 0 amide bonds. The summed E-state index contributed by atoms with van der Waals surface area (Å²) in [6.45, 7) is 13.4. The molecule has 1 N–H and O–H groups in total. The molecule has 0 bridgehead atoms. The van der Waals surface area contributed by atoms with Crippen molar-refractivity contribution in [2.24, 2.45) is 0 Å². The molecule has 24 heavy (non-hydrogen) atoms. The quantitative estimate of drug-likeness (QED) is 0.513. The van der Waals surface area contributed by atoms with Crippen LogP contribution in [0.4, 0.5) is 5.69 Å². The van der Waals surface area contributed by atoms with E-state index < -0.39 is 16.6 Å². The maximum Gasteiger partial charge on any atom is 0.242 e. The number of nitrogens with zero attached hydrogens (tertiary/aromatic N) is 2. The van der Waals surface area contributed by atoms with Gasteiger partial charge in [0.05, 0.1) is 27.8 Å². The molecule has 1 heterocycles. The van der Waals surface area contributed by atoms with Gasteiger partial charge in [-0.2, -0.15) is 0 Å². The summed E-state index contributed by atoms with van der Waals surface area (Å²) in [5.74, 6) is 0.897. The van der Waals surface area contributed by atoms with E-state index >= 15 is 0 Å². The summed E-state index contributed by atoms with van der Waals surface area (Å²) >= 11 is 0. The summed E-state index contributed by atoms with van der Waals surface area (Å²) in [6, 6.07) is 12.1. The Morgan fingerprint density at radius 2 is 1.33 bits per heavy atom. The second kappa shape index (κ2) is 5.86. The van der Waals surface area contributed by atoms with Gasteiger partial charge in [0, 0.05) is 6.07 Å². The second-order valence-corrected chi connectivity index (χ2v) is 17.3. The van der Waals surface area contributed by atoms with Crippen LogP contribution < -0.4 is 9.41 Å². The predicted molar refractivity (Wildman–Crippen MR) is 108 cm³/mol. The minimum Gasteiger partial charge on any atom is -0.543 e. The number of anilines is 1. The van der Waals surface area contributed by atoms with E-state index in [0.717, 1.165) is 33.5 Å². The molecule has 0 aliphatic heterocycles. The smallest absolute Gasteiger partial charge is 0.242 e.